The zero-order chi connectivity index (χ0) is 14.5. The summed E-state index contributed by atoms with van der Waals surface area (Å²) < 4.78 is 15.1. The number of imidazole rings is 1. The molecule has 5 nitrogen and oxygen atoms in total. The highest BCUT2D eigenvalue weighted by Crippen LogP contribution is 2.16. The number of hydrogen-bond donors (Lipinski definition) is 2. The molecule has 2 rings (SSSR count). The molecule has 1 aromatic heterocycles. The van der Waals surface area contributed by atoms with Crippen LogP contribution in [0.4, 0.5) is 4.39 Å². The van der Waals surface area contributed by atoms with Crippen LogP contribution in [0.3, 0.4) is 0 Å². The predicted molar refractivity (Wildman–Crippen MR) is 75.7 cm³/mol. The van der Waals surface area contributed by atoms with E-state index in [0.717, 1.165) is 11.3 Å². The van der Waals surface area contributed by atoms with Gasteiger partial charge in [-0.1, -0.05) is 0 Å². The van der Waals surface area contributed by atoms with E-state index in [4.69, 9.17) is 5.73 Å². The van der Waals surface area contributed by atoms with Crippen molar-refractivity contribution in [3.63, 3.8) is 0 Å². The summed E-state index contributed by atoms with van der Waals surface area (Å²) in [7, 11) is 1.89. The SMILES string of the molecule is Cn1c(CCNC(=O)CCCN)nc2cc(F)ccc21. The highest BCUT2D eigenvalue weighted by molar-refractivity contribution is 5.76. The first-order chi connectivity index (χ1) is 9.61. The Labute approximate surface area is 117 Å². The lowest BCUT2D eigenvalue weighted by atomic mass is 10.3. The van der Waals surface area contributed by atoms with Crippen molar-refractivity contribution in [3.05, 3.63) is 29.8 Å². The third-order valence-corrected chi connectivity index (χ3v) is 3.21. The van der Waals surface area contributed by atoms with Gasteiger partial charge in [-0.25, -0.2) is 9.37 Å². The Morgan fingerprint density at radius 2 is 2.30 bits per heavy atom. The van der Waals surface area contributed by atoms with E-state index in [-0.39, 0.29) is 11.7 Å². The summed E-state index contributed by atoms with van der Waals surface area (Å²) in [6, 6.07) is 4.54. The van der Waals surface area contributed by atoms with E-state index in [1.54, 1.807) is 6.07 Å². The summed E-state index contributed by atoms with van der Waals surface area (Å²) >= 11 is 0. The Balaban J connectivity index is 1.96. The molecular weight excluding hydrogens is 259 g/mol. The van der Waals surface area contributed by atoms with Gasteiger partial charge in [0.2, 0.25) is 5.91 Å². The molecule has 0 spiro atoms. The van der Waals surface area contributed by atoms with E-state index in [2.05, 4.69) is 10.3 Å². The molecule has 20 heavy (non-hydrogen) atoms. The number of rotatable bonds is 6. The largest absolute Gasteiger partial charge is 0.356 e. The molecule has 0 atom stereocenters. The second-order valence-electron chi connectivity index (χ2n) is 4.71. The van der Waals surface area contributed by atoms with E-state index >= 15 is 0 Å². The van der Waals surface area contributed by atoms with Gasteiger partial charge in [-0.3, -0.25) is 4.79 Å². The molecule has 0 aliphatic heterocycles. The van der Waals surface area contributed by atoms with Gasteiger partial charge < -0.3 is 15.6 Å². The van der Waals surface area contributed by atoms with Gasteiger partial charge in [0, 0.05) is 32.5 Å². The summed E-state index contributed by atoms with van der Waals surface area (Å²) in [5.74, 6) is 0.530. The molecule has 0 unspecified atom stereocenters. The van der Waals surface area contributed by atoms with Crippen molar-refractivity contribution >= 4 is 16.9 Å². The monoisotopic (exact) mass is 278 g/mol. The Hall–Kier alpha value is -1.95. The number of halogens is 1. The van der Waals surface area contributed by atoms with Crippen molar-refractivity contribution in [1.29, 1.82) is 0 Å². The summed E-state index contributed by atoms with van der Waals surface area (Å²) in [6.07, 6.45) is 1.75. The number of carbonyl (C=O) groups is 1. The molecule has 0 aliphatic carbocycles. The first kappa shape index (κ1) is 14.5. The molecule has 0 saturated heterocycles. The lowest BCUT2D eigenvalue weighted by Gasteiger charge is -2.05. The van der Waals surface area contributed by atoms with Crippen molar-refractivity contribution in [3.8, 4) is 0 Å². The van der Waals surface area contributed by atoms with E-state index in [1.807, 2.05) is 11.6 Å². The number of benzene rings is 1. The standard InChI is InChI=1S/C14H19FN4O/c1-19-12-5-4-10(15)9-11(12)18-13(19)6-8-17-14(20)3-2-7-16/h4-5,9H,2-3,6-8,16H2,1H3,(H,17,20). The normalized spacial score (nSPS) is 10.9. The molecule has 0 saturated carbocycles. The topological polar surface area (TPSA) is 72.9 Å². The lowest BCUT2D eigenvalue weighted by molar-refractivity contribution is -0.121. The van der Waals surface area contributed by atoms with Gasteiger partial charge in [-0.2, -0.15) is 0 Å². The van der Waals surface area contributed by atoms with Crippen molar-refractivity contribution in [2.45, 2.75) is 19.3 Å². The zero-order valence-electron chi connectivity index (χ0n) is 11.5. The van der Waals surface area contributed by atoms with Gasteiger partial charge in [-0.15, -0.1) is 0 Å². The number of amides is 1. The fraction of sp³-hybridized carbons (Fsp3) is 0.429. The Morgan fingerprint density at radius 3 is 3.05 bits per heavy atom. The second-order valence-corrected chi connectivity index (χ2v) is 4.71. The second kappa shape index (κ2) is 6.47. The number of hydrogen-bond acceptors (Lipinski definition) is 3. The summed E-state index contributed by atoms with van der Waals surface area (Å²) in [4.78, 5) is 15.8. The molecule has 1 heterocycles. The Morgan fingerprint density at radius 1 is 1.50 bits per heavy atom. The van der Waals surface area contributed by atoms with Crippen LogP contribution in [0.2, 0.25) is 0 Å². The number of carbonyl (C=O) groups excluding carboxylic acids is 1. The van der Waals surface area contributed by atoms with E-state index in [9.17, 15) is 9.18 Å². The van der Waals surface area contributed by atoms with Crippen molar-refractivity contribution in [1.82, 2.24) is 14.9 Å². The molecule has 1 aromatic carbocycles. The molecule has 2 aromatic rings. The highest BCUT2D eigenvalue weighted by Gasteiger charge is 2.08. The molecule has 0 bridgehead atoms. The maximum absolute atomic E-state index is 13.1. The van der Waals surface area contributed by atoms with E-state index in [0.29, 0.717) is 37.9 Å². The summed E-state index contributed by atoms with van der Waals surface area (Å²) in [5, 5.41) is 2.83. The minimum atomic E-state index is -0.294. The van der Waals surface area contributed by atoms with Crippen molar-refractivity contribution < 1.29 is 9.18 Å². The zero-order valence-corrected chi connectivity index (χ0v) is 11.5. The number of aryl methyl sites for hydroxylation is 1. The highest BCUT2D eigenvalue weighted by atomic mass is 19.1. The number of nitrogens with zero attached hydrogens (tertiary/aromatic N) is 2. The summed E-state index contributed by atoms with van der Waals surface area (Å²) in [5.41, 5.74) is 6.87. The van der Waals surface area contributed by atoms with Gasteiger partial charge in [0.25, 0.3) is 0 Å². The van der Waals surface area contributed by atoms with Crippen LogP contribution in [0.25, 0.3) is 11.0 Å². The third kappa shape index (κ3) is 3.33. The number of nitrogens with two attached hydrogens (primary N) is 1. The van der Waals surface area contributed by atoms with E-state index < -0.39 is 0 Å². The van der Waals surface area contributed by atoms with Crippen LogP contribution in [0.1, 0.15) is 18.7 Å². The molecular formula is C14H19FN4O. The van der Waals surface area contributed by atoms with Gasteiger partial charge in [0.15, 0.2) is 0 Å². The Kier molecular flexibility index (Phi) is 4.68. The maximum Gasteiger partial charge on any atom is 0.220 e. The van der Waals surface area contributed by atoms with Crippen LogP contribution in [-0.4, -0.2) is 28.5 Å². The van der Waals surface area contributed by atoms with Gasteiger partial charge in [-0.05, 0) is 25.1 Å². The first-order valence-electron chi connectivity index (χ1n) is 6.69. The minimum Gasteiger partial charge on any atom is -0.356 e. The predicted octanol–water partition coefficient (Wildman–Crippen LogP) is 1.11. The van der Waals surface area contributed by atoms with Crippen molar-refractivity contribution in [2.24, 2.45) is 12.8 Å². The fourth-order valence-corrected chi connectivity index (χ4v) is 2.11. The molecule has 0 fully saturated rings. The lowest BCUT2D eigenvalue weighted by Crippen LogP contribution is -2.26. The fourth-order valence-electron chi connectivity index (χ4n) is 2.11. The van der Waals surface area contributed by atoms with Crippen LogP contribution in [0.15, 0.2) is 18.2 Å². The average Bonchev–Trinajstić information content (AvgIpc) is 2.72. The number of aromatic nitrogens is 2. The van der Waals surface area contributed by atoms with Crippen LogP contribution in [-0.2, 0) is 18.3 Å². The smallest absolute Gasteiger partial charge is 0.220 e. The molecule has 108 valence electrons. The quantitative estimate of drug-likeness (QED) is 0.831. The van der Waals surface area contributed by atoms with Crippen LogP contribution in [0, 0.1) is 5.82 Å². The minimum absolute atomic E-state index is 0.000239. The van der Waals surface area contributed by atoms with Crippen molar-refractivity contribution in [2.75, 3.05) is 13.1 Å². The molecule has 0 radical (unpaired) electrons. The van der Waals surface area contributed by atoms with Gasteiger partial charge in [0.05, 0.1) is 11.0 Å². The summed E-state index contributed by atoms with van der Waals surface area (Å²) in [6.45, 7) is 1.03. The van der Waals surface area contributed by atoms with Gasteiger partial charge >= 0.3 is 0 Å². The Bertz CT molecular complexity index is 608. The van der Waals surface area contributed by atoms with Crippen LogP contribution in [0.5, 0.6) is 0 Å². The maximum atomic E-state index is 13.1. The number of fused-ring (bicyclic) bond motifs is 1. The van der Waals surface area contributed by atoms with Gasteiger partial charge in [0.1, 0.15) is 11.6 Å². The molecule has 3 N–H and O–H groups in total. The molecule has 6 heteroatoms. The van der Waals surface area contributed by atoms with E-state index in [1.165, 1.54) is 12.1 Å². The first-order valence-corrected chi connectivity index (χ1v) is 6.69. The molecule has 0 aliphatic rings. The molecule has 1 amide bonds. The third-order valence-electron chi connectivity index (χ3n) is 3.21. The number of nitrogens with one attached hydrogen (secondary N) is 1. The average molecular weight is 278 g/mol. The van der Waals surface area contributed by atoms with Crippen LogP contribution >= 0.6 is 0 Å². The van der Waals surface area contributed by atoms with Crippen LogP contribution < -0.4 is 11.1 Å².